The van der Waals surface area contributed by atoms with E-state index in [1.54, 1.807) is 0 Å². The van der Waals surface area contributed by atoms with E-state index in [0.717, 1.165) is 24.8 Å². The van der Waals surface area contributed by atoms with Crippen LogP contribution < -0.4 is 0 Å². The summed E-state index contributed by atoms with van der Waals surface area (Å²) in [4.78, 5) is 0. The normalized spacial score (nSPS) is 22.3. The molecule has 1 rings (SSSR count). The van der Waals surface area contributed by atoms with Gasteiger partial charge in [0.05, 0.1) is 12.7 Å². The van der Waals surface area contributed by atoms with Crippen LogP contribution in [0.1, 0.15) is 67.7 Å². The van der Waals surface area contributed by atoms with Crippen molar-refractivity contribution in [2.45, 2.75) is 73.8 Å². The van der Waals surface area contributed by atoms with Crippen LogP contribution in [0.4, 0.5) is 0 Å². The molecule has 2 atom stereocenters. The standard InChI is InChI=1S/C30H44O2/c1-23(12-8-9-13-24(2)15-11-17-26(4)22-31)14-10-16-25(3)18-19-29-27(5)20-28(32)21-30(29,6)7/h8-12,14-19,24,28,31-32H,13,20-22H2,1-7H3/b9-8+,14-10+,15-11+,19-18+,23-12-,25-16+,26-17+/t24?,28-/m1/s1. The SMILES string of the molecule is CC1=C(/C=C/C(C)=C/C=C/C(C)=C\C=C\CC(C)/C=C/C=C(\C)CO)C(C)(C)C[C@H](O)C1. The summed E-state index contributed by atoms with van der Waals surface area (Å²) in [5.74, 6) is 0.465. The Balaban J connectivity index is 2.59. The maximum Gasteiger partial charge on any atom is 0.0642 e. The van der Waals surface area contributed by atoms with Gasteiger partial charge < -0.3 is 10.2 Å². The highest BCUT2D eigenvalue weighted by atomic mass is 16.3. The second-order valence-corrected chi connectivity index (χ2v) is 9.85. The second kappa shape index (κ2) is 14.1. The van der Waals surface area contributed by atoms with Crippen molar-refractivity contribution in [3.63, 3.8) is 0 Å². The van der Waals surface area contributed by atoms with Crippen LogP contribution in [0.5, 0.6) is 0 Å². The molecule has 0 radical (unpaired) electrons. The molecule has 2 nitrogen and oxygen atoms in total. The summed E-state index contributed by atoms with van der Waals surface area (Å²) in [7, 11) is 0. The van der Waals surface area contributed by atoms with Crippen LogP contribution in [0.25, 0.3) is 0 Å². The van der Waals surface area contributed by atoms with E-state index in [-0.39, 0.29) is 18.1 Å². The van der Waals surface area contributed by atoms with Gasteiger partial charge in [-0.25, -0.2) is 0 Å². The summed E-state index contributed by atoms with van der Waals surface area (Å²) >= 11 is 0. The number of hydrogen-bond acceptors (Lipinski definition) is 2. The number of allylic oxidation sites excluding steroid dienone is 14. The topological polar surface area (TPSA) is 40.5 Å². The molecular weight excluding hydrogens is 392 g/mol. The van der Waals surface area contributed by atoms with Crippen molar-refractivity contribution < 1.29 is 10.2 Å². The fourth-order valence-corrected chi connectivity index (χ4v) is 3.91. The Kier molecular flexibility index (Phi) is 12.3. The summed E-state index contributed by atoms with van der Waals surface area (Å²) < 4.78 is 0. The van der Waals surface area contributed by atoms with E-state index in [2.05, 4.69) is 96.2 Å². The molecule has 32 heavy (non-hydrogen) atoms. The summed E-state index contributed by atoms with van der Waals surface area (Å²) in [6.45, 7) is 15.0. The Bertz CT molecular complexity index is 838. The molecule has 0 aliphatic heterocycles. The van der Waals surface area contributed by atoms with Crippen molar-refractivity contribution in [1.82, 2.24) is 0 Å². The molecule has 0 fully saturated rings. The van der Waals surface area contributed by atoms with E-state index in [0.29, 0.717) is 5.92 Å². The van der Waals surface area contributed by atoms with Crippen molar-refractivity contribution in [1.29, 1.82) is 0 Å². The molecule has 1 aliphatic carbocycles. The lowest BCUT2D eigenvalue weighted by Crippen LogP contribution is -2.28. The average Bonchev–Trinajstić information content (AvgIpc) is 2.69. The summed E-state index contributed by atoms with van der Waals surface area (Å²) in [5, 5.41) is 19.0. The maximum absolute atomic E-state index is 10.0. The third-order valence-electron chi connectivity index (χ3n) is 5.78. The first-order chi connectivity index (χ1) is 15.0. The predicted molar refractivity (Wildman–Crippen MR) is 140 cm³/mol. The predicted octanol–water partition coefficient (Wildman–Crippen LogP) is 7.57. The highest BCUT2D eigenvalue weighted by molar-refractivity contribution is 5.37. The van der Waals surface area contributed by atoms with Gasteiger partial charge in [0.2, 0.25) is 0 Å². The van der Waals surface area contributed by atoms with Crippen molar-refractivity contribution in [3.8, 4) is 0 Å². The number of rotatable bonds is 10. The minimum absolute atomic E-state index is 0.0163. The van der Waals surface area contributed by atoms with E-state index in [9.17, 15) is 5.11 Å². The Morgan fingerprint density at radius 2 is 1.69 bits per heavy atom. The van der Waals surface area contributed by atoms with Crippen LogP contribution >= 0.6 is 0 Å². The zero-order chi connectivity index (χ0) is 24.1. The van der Waals surface area contributed by atoms with E-state index in [4.69, 9.17) is 5.11 Å². The van der Waals surface area contributed by atoms with Crippen LogP contribution in [0.3, 0.4) is 0 Å². The molecule has 0 spiro atoms. The van der Waals surface area contributed by atoms with E-state index < -0.39 is 0 Å². The minimum Gasteiger partial charge on any atom is -0.393 e. The van der Waals surface area contributed by atoms with Crippen molar-refractivity contribution in [3.05, 3.63) is 94.7 Å². The van der Waals surface area contributed by atoms with Crippen LogP contribution in [0.2, 0.25) is 0 Å². The molecule has 0 saturated heterocycles. The largest absolute Gasteiger partial charge is 0.393 e. The van der Waals surface area contributed by atoms with E-state index in [1.807, 2.05) is 19.1 Å². The Hall–Kier alpha value is -2.16. The molecular formula is C30H44O2. The van der Waals surface area contributed by atoms with Crippen molar-refractivity contribution in [2.24, 2.45) is 11.3 Å². The summed E-state index contributed by atoms with van der Waals surface area (Å²) in [6.07, 6.45) is 25.7. The van der Waals surface area contributed by atoms with Gasteiger partial charge in [0, 0.05) is 0 Å². The lowest BCUT2D eigenvalue weighted by Gasteiger charge is -2.35. The molecule has 176 valence electrons. The van der Waals surface area contributed by atoms with Crippen LogP contribution in [0, 0.1) is 11.3 Å². The van der Waals surface area contributed by atoms with E-state index in [1.165, 1.54) is 22.3 Å². The lowest BCUT2D eigenvalue weighted by atomic mass is 9.71. The molecule has 0 saturated carbocycles. The molecule has 0 aromatic heterocycles. The van der Waals surface area contributed by atoms with Crippen molar-refractivity contribution in [2.75, 3.05) is 6.61 Å². The maximum atomic E-state index is 10.0. The Morgan fingerprint density at radius 1 is 1.03 bits per heavy atom. The molecule has 0 bridgehead atoms. The fourth-order valence-electron chi connectivity index (χ4n) is 3.91. The first-order valence-corrected chi connectivity index (χ1v) is 11.7. The molecule has 0 amide bonds. The van der Waals surface area contributed by atoms with Gasteiger partial charge >= 0.3 is 0 Å². The van der Waals surface area contributed by atoms with Gasteiger partial charge in [-0.15, -0.1) is 0 Å². The van der Waals surface area contributed by atoms with Gasteiger partial charge in [-0.05, 0) is 69.4 Å². The minimum atomic E-state index is -0.219. The van der Waals surface area contributed by atoms with Gasteiger partial charge in [-0.1, -0.05) is 104 Å². The van der Waals surface area contributed by atoms with Gasteiger partial charge in [0.15, 0.2) is 0 Å². The lowest BCUT2D eigenvalue weighted by molar-refractivity contribution is 0.116. The van der Waals surface area contributed by atoms with Crippen molar-refractivity contribution >= 4 is 0 Å². The molecule has 0 aromatic rings. The summed E-state index contributed by atoms with van der Waals surface area (Å²) in [5.41, 5.74) is 6.05. The molecule has 1 aliphatic rings. The highest BCUT2D eigenvalue weighted by Gasteiger charge is 2.31. The third kappa shape index (κ3) is 10.9. The van der Waals surface area contributed by atoms with Crippen LogP contribution in [0.15, 0.2) is 94.7 Å². The highest BCUT2D eigenvalue weighted by Crippen LogP contribution is 2.41. The molecule has 2 heteroatoms. The van der Waals surface area contributed by atoms with Gasteiger partial charge in [0.25, 0.3) is 0 Å². The van der Waals surface area contributed by atoms with Crippen LogP contribution in [-0.4, -0.2) is 22.9 Å². The zero-order valence-corrected chi connectivity index (χ0v) is 21.2. The van der Waals surface area contributed by atoms with Gasteiger partial charge in [-0.3, -0.25) is 0 Å². The van der Waals surface area contributed by atoms with Gasteiger partial charge in [0.1, 0.15) is 0 Å². The molecule has 2 N–H and O–H groups in total. The molecule has 0 aromatic carbocycles. The number of aliphatic hydroxyl groups excluding tert-OH is 2. The number of aliphatic hydroxyl groups is 2. The Labute approximate surface area is 196 Å². The van der Waals surface area contributed by atoms with Crippen LogP contribution in [-0.2, 0) is 0 Å². The molecule has 1 unspecified atom stereocenters. The first-order valence-electron chi connectivity index (χ1n) is 11.7. The average molecular weight is 437 g/mol. The smallest absolute Gasteiger partial charge is 0.0642 e. The number of hydrogen-bond donors (Lipinski definition) is 2. The zero-order valence-electron chi connectivity index (χ0n) is 21.2. The monoisotopic (exact) mass is 436 g/mol. The second-order valence-electron chi connectivity index (χ2n) is 9.85. The first kappa shape index (κ1) is 27.9. The summed E-state index contributed by atoms with van der Waals surface area (Å²) in [6, 6.07) is 0. The fraction of sp³-hybridized carbons (Fsp3) is 0.467. The van der Waals surface area contributed by atoms with Gasteiger partial charge in [-0.2, -0.15) is 0 Å². The quantitative estimate of drug-likeness (QED) is 0.347. The third-order valence-corrected chi connectivity index (χ3v) is 5.78. The van der Waals surface area contributed by atoms with E-state index >= 15 is 0 Å². The Morgan fingerprint density at radius 3 is 2.34 bits per heavy atom. The molecule has 0 heterocycles.